The zero-order valence-electron chi connectivity index (χ0n) is 14.1. The van der Waals surface area contributed by atoms with Gasteiger partial charge in [-0.2, -0.15) is 4.98 Å². The number of nitrogens with zero attached hydrogens (tertiary/aromatic N) is 2. The average Bonchev–Trinajstić information content (AvgIpc) is 3.07. The number of hydrogen-bond acceptors (Lipinski definition) is 3. The van der Waals surface area contributed by atoms with Crippen LogP contribution in [0.2, 0.25) is 0 Å². The lowest BCUT2D eigenvalue weighted by molar-refractivity contribution is 0.665. The lowest BCUT2D eigenvalue weighted by Gasteiger charge is -2.09. The van der Waals surface area contributed by atoms with Crippen molar-refractivity contribution in [1.29, 1.82) is 0 Å². The number of hydrogen-bond donors (Lipinski definition) is 0. The summed E-state index contributed by atoms with van der Waals surface area (Å²) >= 11 is 3.52. The van der Waals surface area contributed by atoms with Crippen LogP contribution in [-0.4, -0.2) is 9.55 Å². The van der Waals surface area contributed by atoms with Gasteiger partial charge in [-0.15, -0.1) is 0 Å². The van der Waals surface area contributed by atoms with Gasteiger partial charge < -0.3 is 4.42 Å². The Morgan fingerprint density at radius 2 is 1.59 bits per heavy atom. The van der Waals surface area contributed by atoms with E-state index in [1.807, 2.05) is 78.9 Å². The van der Waals surface area contributed by atoms with E-state index in [1.54, 1.807) is 4.57 Å². The van der Waals surface area contributed by atoms with Gasteiger partial charge in [0.1, 0.15) is 16.8 Å². The van der Waals surface area contributed by atoms with Crippen LogP contribution in [0.15, 0.2) is 92.5 Å². The van der Waals surface area contributed by atoms with Gasteiger partial charge >= 0.3 is 5.69 Å². The van der Waals surface area contributed by atoms with Gasteiger partial charge in [-0.1, -0.05) is 64.5 Å². The minimum absolute atomic E-state index is 0.338. The first-order chi connectivity index (χ1) is 13.2. The second kappa shape index (κ2) is 6.21. The highest BCUT2D eigenvalue weighted by Gasteiger charge is 2.20. The van der Waals surface area contributed by atoms with Crippen molar-refractivity contribution in [1.82, 2.24) is 9.55 Å². The summed E-state index contributed by atoms with van der Waals surface area (Å²) in [4.78, 5) is 17.4. The number of benzene rings is 3. The summed E-state index contributed by atoms with van der Waals surface area (Å²) in [5.41, 5.74) is 3.84. The highest BCUT2D eigenvalue weighted by Crippen LogP contribution is 2.35. The fourth-order valence-electron chi connectivity index (χ4n) is 3.34. The molecule has 2 aromatic heterocycles. The molecular weight excluding hydrogens is 404 g/mol. The number of para-hydroxylation sites is 1. The van der Waals surface area contributed by atoms with E-state index in [2.05, 4.69) is 20.9 Å². The number of aromatic nitrogens is 2. The fourth-order valence-corrected chi connectivity index (χ4v) is 3.70. The van der Waals surface area contributed by atoms with Crippen molar-refractivity contribution in [2.24, 2.45) is 0 Å². The molecular formula is C22H13BrN2O2. The predicted octanol–water partition coefficient (Wildman–Crippen LogP) is 5.56. The molecule has 5 rings (SSSR count). The van der Waals surface area contributed by atoms with Gasteiger partial charge in [0, 0.05) is 15.4 Å². The second-order valence-electron chi connectivity index (χ2n) is 6.20. The smallest absolute Gasteiger partial charge is 0.353 e. The van der Waals surface area contributed by atoms with Crippen LogP contribution < -0.4 is 5.69 Å². The molecule has 0 unspecified atom stereocenters. The van der Waals surface area contributed by atoms with E-state index in [0.29, 0.717) is 16.9 Å². The largest absolute Gasteiger partial charge is 0.452 e. The third-order valence-corrected chi connectivity index (χ3v) is 5.02. The molecule has 0 amide bonds. The maximum absolute atomic E-state index is 13.1. The normalized spacial score (nSPS) is 11.3. The van der Waals surface area contributed by atoms with Gasteiger partial charge in [-0.05, 0) is 30.3 Å². The molecule has 0 spiro atoms. The van der Waals surface area contributed by atoms with Gasteiger partial charge in [0.05, 0.1) is 5.69 Å². The number of halogens is 1. The first-order valence-electron chi connectivity index (χ1n) is 8.48. The summed E-state index contributed by atoms with van der Waals surface area (Å²) in [5, 5.41) is 0.861. The van der Waals surface area contributed by atoms with Gasteiger partial charge in [-0.25, -0.2) is 4.79 Å². The zero-order valence-corrected chi connectivity index (χ0v) is 15.7. The molecule has 0 saturated carbocycles. The Morgan fingerprint density at radius 3 is 2.33 bits per heavy atom. The van der Waals surface area contributed by atoms with E-state index in [-0.39, 0.29) is 5.69 Å². The Bertz CT molecular complexity index is 1340. The third kappa shape index (κ3) is 2.59. The summed E-state index contributed by atoms with van der Waals surface area (Å²) in [6.45, 7) is 0. The van der Waals surface area contributed by atoms with Crippen molar-refractivity contribution >= 4 is 38.0 Å². The predicted molar refractivity (Wildman–Crippen MR) is 110 cm³/mol. The molecule has 27 heavy (non-hydrogen) atoms. The number of rotatable bonds is 2. The molecule has 0 atom stereocenters. The Morgan fingerprint density at radius 1 is 0.889 bits per heavy atom. The molecule has 5 aromatic rings. The topological polar surface area (TPSA) is 48.0 Å². The van der Waals surface area contributed by atoms with Gasteiger partial charge in [0.15, 0.2) is 5.58 Å². The third-order valence-electron chi connectivity index (χ3n) is 4.52. The highest BCUT2D eigenvalue weighted by atomic mass is 79.9. The van der Waals surface area contributed by atoms with Crippen LogP contribution >= 0.6 is 15.9 Å². The second-order valence-corrected chi connectivity index (χ2v) is 7.12. The van der Waals surface area contributed by atoms with E-state index >= 15 is 0 Å². The Kier molecular flexibility index (Phi) is 3.69. The molecule has 0 aliphatic heterocycles. The summed E-state index contributed by atoms with van der Waals surface area (Å²) in [6, 6.07) is 24.9. The van der Waals surface area contributed by atoms with Crippen molar-refractivity contribution in [2.75, 3.05) is 0 Å². The van der Waals surface area contributed by atoms with E-state index < -0.39 is 0 Å². The van der Waals surface area contributed by atoms with E-state index in [0.717, 1.165) is 26.6 Å². The highest BCUT2D eigenvalue weighted by molar-refractivity contribution is 9.10. The lowest BCUT2D eigenvalue weighted by Crippen LogP contribution is -2.22. The summed E-state index contributed by atoms with van der Waals surface area (Å²) < 4.78 is 8.70. The van der Waals surface area contributed by atoms with Crippen LogP contribution in [0.4, 0.5) is 0 Å². The molecule has 0 aliphatic carbocycles. The van der Waals surface area contributed by atoms with Gasteiger partial charge in [0.2, 0.25) is 0 Å². The van der Waals surface area contributed by atoms with E-state index in [4.69, 9.17) is 4.42 Å². The minimum atomic E-state index is -0.338. The average molecular weight is 417 g/mol. The molecule has 5 heteroatoms. The number of fused-ring (bicyclic) bond motifs is 3. The van der Waals surface area contributed by atoms with E-state index in [9.17, 15) is 4.79 Å². The summed E-state index contributed by atoms with van der Waals surface area (Å²) in [6.07, 6.45) is 0. The Labute approximate surface area is 162 Å². The SMILES string of the molecule is O=c1nc(-c2ccccc2)c2oc3ccc(Br)cc3c2n1-c1ccccc1. The molecule has 130 valence electrons. The zero-order chi connectivity index (χ0) is 18.4. The van der Waals surface area contributed by atoms with Crippen LogP contribution in [-0.2, 0) is 0 Å². The van der Waals surface area contributed by atoms with E-state index in [1.165, 1.54) is 0 Å². The van der Waals surface area contributed by atoms with Crippen molar-refractivity contribution in [3.8, 4) is 16.9 Å². The van der Waals surface area contributed by atoms with Gasteiger partial charge in [0.25, 0.3) is 0 Å². The van der Waals surface area contributed by atoms with Crippen molar-refractivity contribution in [3.63, 3.8) is 0 Å². The molecule has 0 fully saturated rings. The van der Waals surface area contributed by atoms with Crippen LogP contribution in [0.3, 0.4) is 0 Å². The van der Waals surface area contributed by atoms with Crippen LogP contribution in [0.5, 0.6) is 0 Å². The fraction of sp³-hybridized carbons (Fsp3) is 0. The lowest BCUT2D eigenvalue weighted by atomic mass is 10.1. The summed E-state index contributed by atoms with van der Waals surface area (Å²) in [5.74, 6) is 0. The molecule has 0 N–H and O–H groups in total. The van der Waals surface area contributed by atoms with Crippen LogP contribution in [0.25, 0.3) is 39.0 Å². The molecule has 0 bridgehead atoms. The van der Waals surface area contributed by atoms with Crippen LogP contribution in [0.1, 0.15) is 0 Å². The standard InChI is InChI=1S/C22H13BrN2O2/c23-15-11-12-18-17(13-15)20-21(27-18)19(14-7-3-1-4-8-14)24-22(26)25(20)16-9-5-2-6-10-16/h1-13H. The quantitative estimate of drug-likeness (QED) is 0.378. The Balaban J connectivity index is 2.00. The Hall–Kier alpha value is -3.18. The molecule has 3 aromatic carbocycles. The van der Waals surface area contributed by atoms with Crippen molar-refractivity contribution in [2.45, 2.75) is 0 Å². The van der Waals surface area contributed by atoms with Crippen LogP contribution in [0, 0.1) is 0 Å². The molecule has 4 nitrogen and oxygen atoms in total. The first-order valence-corrected chi connectivity index (χ1v) is 9.27. The molecule has 2 heterocycles. The van der Waals surface area contributed by atoms with Crippen molar-refractivity contribution in [3.05, 3.63) is 93.8 Å². The summed E-state index contributed by atoms with van der Waals surface area (Å²) in [7, 11) is 0. The number of furan rings is 1. The monoisotopic (exact) mass is 416 g/mol. The maximum atomic E-state index is 13.1. The molecule has 0 aliphatic rings. The molecule has 0 radical (unpaired) electrons. The molecule has 0 saturated heterocycles. The maximum Gasteiger partial charge on any atom is 0.353 e. The van der Waals surface area contributed by atoms with Gasteiger partial charge in [-0.3, -0.25) is 4.57 Å². The van der Waals surface area contributed by atoms with Crippen molar-refractivity contribution < 1.29 is 4.42 Å². The minimum Gasteiger partial charge on any atom is -0.452 e. The first kappa shape index (κ1) is 16.0.